The molecule has 1 aliphatic heterocycles. The average Bonchev–Trinajstić information content (AvgIpc) is 2.87. The average molecular weight is 490 g/mol. The van der Waals surface area contributed by atoms with E-state index in [-0.39, 0.29) is 10.8 Å². The largest absolute Gasteiger partial charge is 0.377 e. The minimum atomic E-state index is -3.87. The van der Waals surface area contributed by atoms with Crippen LogP contribution in [0.25, 0.3) is 0 Å². The summed E-state index contributed by atoms with van der Waals surface area (Å²) in [5.41, 5.74) is 3.01. The van der Waals surface area contributed by atoms with Crippen LogP contribution in [0, 0.1) is 12.8 Å². The van der Waals surface area contributed by atoms with Gasteiger partial charge in [0.15, 0.2) is 15.1 Å². The third-order valence-electron chi connectivity index (χ3n) is 6.25. The van der Waals surface area contributed by atoms with E-state index < -0.39 is 21.0 Å². The van der Waals surface area contributed by atoms with Crippen LogP contribution in [0.15, 0.2) is 102 Å². The van der Waals surface area contributed by atoms with Crippen molar-refractivity contribution in [2.24, 2.45) is 5.92 Å². The minimum Gasteiger partial charge on any atom is -0.377 e. The molecular formula is C29H31NO4S. The van der Waals surface area contributed by atoms with Gasteiger partial charge < -0.3 is 9.64 Å². The molecule has 182 valence electrons. The lowest BCUT2D eigenvalue weighted by atomic mass is 9.95. The zero-order chi connectivity index (χ0) is 24.7. The Morgan fingerprint density at radius 1 is 0.857 bits per heavy atom. The van der Waals surface area contributed by atoms with Gasteiger partial charge in [-0.2, -0.15) is 0 Å². The molecule has 3 aromatic rings. The molecule has 0 aromatic heterocycles. The van der Waals surface area contributed by atoms with Crippen molar-refractivity contribution in [3.8, 4) is 0 Å². The highest BCUT2D eigenvalue weighted by Gasteiger charge is 2.43. The van der Waals surface area contributed by atoms with Crippen molar-refractivity contribution in [1.82, 2.24) is 4.90 Å². The Hall–Kier alpha value is -3.22. The van der Waals surface area contributed by atoms with Gasteiger partial charge in [0.2, 0.25) is 5.91 Å². The maximum Gasteiger partial charge on any atom is 0.246 e. The normalized spacial score (nSPS) is 18.1. The van der Waals surface area contributed by atoms with E-state index in [0.29, 0.717) is 32.6 Å². The first-order valence-corrected chi connectivity index (χ1v) is 13.4. The van der Waals surface area contributed by atoms with Gasteiger partial charge in [-0.3, -0.25) is 4.79 Å². The van der Waals surface area contributed by atoms with Gasteiger partial charge in [-0.1, -0.05) is 84.4 Å². The maximum atomic E-state index is 13.7. The van der Waals surface area contributed by atoms with Gasteiger partial charge in [0.25, 0.3) is 0 Å². The van der Waals surface area contributed by atoms with Crippen molar-refractivity contribution >= 4 is 15.7 Å². The zero-order valence-corrected chi connectivity index (χ0v) is 20.7. The second-order valence-corrected chi connectivity index (χ2v) is 11.0. The molecule has 0 fully saturated rings. The van der Waals surface area contributed by atoms with Crippen LogP contribution in [-0.4, -0.2) is 31.1 Å². The molecule has 0 aliphatic carbocycles. The highest BCUT2D eigenvalue weighted by molar-refractivity contribution is 7.92. The highest BCUT2D eigenvalue weighted by Crippen LogP contribution is 2.31. The number of rotatable bonds is 10. The molecule has 0 bridgehead atoms. The number of ether oxygens (including phenoxy) is 1. The number of hydrogen-bond acceptors (Lipinski definition) is 4. The van der Waals surface area contributed by atoms with E-state index in [1.54, 1.807) is 30.5 Å². The fourth-order valence-corrected chi connectivity index (χ4v) is 6.21. The van der Waals surface area contributed by atoms with Crippen LogP contribution >= 0.6 is 0 Å². The molecule has 0 spiro atoms. The summed E-state index contributed by atoms with van der Waals surface area (Å²) in [6.45, 7) is 3.25. The van der Waals surface area contributed by atoms with E-state index in [2.05, 4.69) is 0 Å². The van der Waals surface area contributed by atoms with Crippen molar-refractivity contribution in [3.63, 3.8) is 0 Å². The molecule has 0 N–H and O–H groups in total. The monoisotopic (exact) mass is 489 g/mol. The van der Waals surface area contributed by atoms with E-state index in [0.717, 1.165) is 16.7 Å². The van der Waals surface area contributed by atoms with Gasteiger partial charge in [0.1, 0.15) is 0 Å². The van der Waals surface area contributed by atoms with Gasteiger partial charge >= 0.3 is 0 Å². The summed E-state index contributed by atoms with van der Waals surface area (Å²) in [5.74, 6) is -0.798. The Bertz CT molecular complexity index is 1240. The Balaban J connectivity index is 1.50. The van der Waals surface area contributed by atoms with Crippen LogP contribution in [0.5, 0.6) is 0 Å². The first-order chi connectivity index (χ1) is 16.9. The lowest BCUT2D eigenvalue weighted by molar-refractivity contribution is -0.130. The molecule has 1 amide bonds. The molecule has 1 heterocycles. The molecule has 5 nitrogen and oxygen atoms in total. The molecular weight excluding hydrogens is 458 g/mol. The number of allylic oxidation sites excluding steroid dienone is 1. The molecule has 4 rings (SSSR count). The third kappa shape index (κ3) is 6.27. The summed E-state index contributed by atoms with van der Waals surface area (Å²) in [7, 11) is -3.87. The fraction of sp³-hybridized carbons (Fsp3) is 0.276. The van der Waals surface area contributed by atoms with E-state index in [9.17, 15) is 13.2 Å². The number of carbonyl (C=O) groups excluding carboxylic acids is 1. The van der Waals surface area contributed by atoms with Crippen LogP contribution in [-0.2, 0) is 32.5 Å². The van der Waals surface area contributed by atoms with Gasteiger partial charge in [-0.05, 0) is 43.0 Å². The van der Waals surface area contributed by atoms with Crippen LogP contribution in [0.1, 0.15) is 29.5 Å². The molecule has 0 saturated heterocycles. The summed E-state index contributed by atoms with van der Waals surface area (Å²) < 4.78 is 33.1. The van der Waals surface area contributed by atoms with E-state index in [1.807, 2.05) is 73.7 Å². The number of amides is 1. The summed E-state index contributed by atoms with van der Waals surface area (Å²) in [6.07, 6.45) is 4.82. The van der Waals surface area contributed by atoms with Crippen molar-refractivity contribution < 1.29 is 17.9 Å². The number of hydrogen-bond donors (Lipinski definition) is 0. The second-order valence-electron chi connectivity index (χ2n) is 8.92. The molecule has 0 saturated carbocycles. The molecule has 35 heavy (non-hydrogen) atoms. The standard InChI is InChI=1S/C29H31NO4S/c1-23-14-16-27(17-15-23)35(32,33)28-26(13-8-20-34-22-25-11-6-3-7-12-25)18-19-30(29(28)31)21-24-9-4-2-5-10-24/h2-7,9-12,14-19,26,28H,8,13,20-22H2,1H3. The molecule has 0 radical (unpaired) electrons. The smallest absolute Gasteiger partial charge is 0.246 e. The highest BCUT2D eigenvalue weighted by atomic mass is 32.2. The minimum absolute atomic E-state index is 0.182. The van der Waals surface area contributed by atoms with Crippen molar-refractivity contribution in [1.29, 1.82) is 0 Å². The molecule has 3 aromatic carbocycles. The van der Waals surface area contributed by atoms with E-state index in [1.165, 1.54) is 4.90 Å². The topological polar surface area (TPSA) is 63.7 Å². The van der Waals surface area contributed by atoms with Crippen LogP contribution in [0.3, 0.4) is 0 Å². The fourth-order valence-electron chi connectivity index (χ4n) is 4.32. The van der Waals surface area contributed by atoms with Crippen LogP contribution in [0.4, 0.5) is 0 Å². The molecule has 2 atom stereocenters. The number of carbonyl (C=O) groups is 1. The number of sulfone groups is 1. The molecule has 6 heteroatoms. The predicted octanol–water partition coefficient (Wildman–Crippen LogP) is 5.31. The first kappa shape index (κ1) is 24.9. The van der Waals surface area contributed by atoms with Gasteiger partial charge in [-0.15, -0.1) is 0 Å². The van der Waals surface area contributed by atoms with E-state index >= 15 is 0 Å². The van der Waals surface area contributed by atoms with Crippen molar-refractivity contribution in [3.05, 3.63) is 114 Å². The SMILES string of the molecule is Cc1ccc(S(=O)(=O)C2C(=O)N(Cc3ccccc3)C=CC2CCCOCc2ccccc2)cc1. The summed E-state index contributed by atoms with van der Waals surface area (Å²) in [6, 6.07) is 26.2. The Morgan fingerprint density at radius 2 is 1.49 bits per heavy atom. The van der Waals surface area contributed by atoms with Crippen molar-refractivity contribution in [2.45, 2.75) is 43.1 Å². The zero-order valence-electron chi connectivity index (χ0n) is 19.9. The molecule has 2 unspecified atom stereocenters. The molecule has 1 aliphatic rings. The Labute approximate surface area is 208 Å². The van der Waals surface area contributed by atoms with Gasteiger partial charge in [0, 0.05) is 18.7 Å². The summed E-state index contributed by atoms with van der Waals surface area (Å²) in [5, 5.41) is -1.16. The number of nitrogens with zero attached hydrogens (tertiary/aromatic N) is 1. The van der Waals surface area contributed by atoms with Gasteiger partial charge in [0.05, 0.1) is 18.0 Å². The van der Waals surface area contributed by atoms with E-state index in [4.69, 9.17) is 4.74 Å². The summed E-state index contributed by atoms with van der Waals surface area (Å²) >= 11 is 0. The lowest BCUT2D eigenvalue weighted by Crippen LogP contribution is -2.47. The number of aryl methyl sites for hydroxylation is 1. The second kappa shape index (κ2) is 11.5. The third-order valence-corrected chi connectivity index (χ3v) is 8.39. The maximum absolute atomic E-state index is 13.7. The Morgan fingerprint density at radius 3 is 2.14 bits per heavy atom. The van der Waals surface area contributed by atoms with Crippen LogP contribution in [0.2, 0.25) is 0 Å². The number of benzene rings is 3. The van der Waals surface area contributed by atoms with Gasteiger partial charge in [-0.25, -0.2) is 8.42 Å². The lowest BCUT2D eigenvalue weighted by Gasteiger charge is -2.33. The van der Waals surface area contributed by atoms with Crippen molar-refractivity contribution in [2.75, 3.05) is 6.61 Å². The predicted molar refractivity (Wildman–Crippen MR) is 137 cm³/mol. The van der Waals surface area contributed by atoms with Crippen LogP contribution < -0.4 is 0 Å². The first-order valence-electron chi connectivity index (χ1n) is 11.9. The quantitative estimate of drug-likeness (QED) is 0.362. The Kier molecular flexibility index (Phi) is 8.16. The summed E-state index contributed by atoms with van der Waals surface area (Å²) in [4.78, 5) is 15.3.